The van der Waals surface area contributed by atoms with Gasteiger partial charge in [-0.1, -0.05) is 63.6 Å². The first-order valence-electron chi connectivity index (χ1n) is 13.7. The lowest BCUT2D eigenvalue weighted by atomic mass is 9.45. The maximum atomic E-state index is 12.7. The normalized spacial score (nSPS) is 43.5. The lowest BCUT2D eigenvalue weighted by Gasteiger charge is -2.60. The Kier molecular flexibility index (Phi) is 5.92. The van der Waals surface area contributed by atoms with E-state index in [1.807, 2.05) is 6.92 Å². The Morgan fingerprint density at radius 1 is 1.00 bits per heavy atom. The minimum atomic E-state index is -1.06. The molecule has 3 heteroatoms. The zero-order valence-corrected chi connectivity index (χ0v) is 22.0. The molecule has 0 amide bonds. The molecular weight excluding hydrogens is 420 g/mol. The molecule has 1 N–H and O–H groups in total. The number of aryl methyl sites for hydroxylation is 1. The summed E-state index contributed by atoms with van der Waals surface area (Å²) in [6, 6.07) is 8.55. The summed E-state index contributed by atoms with van der Waals surface area (Å²) in [5.74, 6) is 1.28. The maximum absolute atomic E-state index is 12.7. The minimum absolute atomic E-state index is 0.132. The molecule has 1 unspecified atom stereocenters. The largest absolute Gasteiger partial charge is 0.365 e. The molecule has 0 aliphatic heterocycles. The van der Waals surface area contributed by atoms with E-state index < -0.39 is 5.79 Å². The Morgan fingerprint density at radius 3 is 2.35 bits per heavy atom. The van der Waals surface area contributed by atoms with Gasteiger partial charge >= 0.3 is 0 Å². The first-order chi connectivity index (χ1) is 16.0. The van der Waals surface area contributed by atoms with Gasteiger partial charge in [0.25, 0.3) is 0 Å². The number of rotatable bonds is 5. The third-order valence-corrected chi connectivity index (χ3v) is 11.4. The second kappa shape index (κ2) is 8.30. The van der Waals surface area contributed by atoms with Crippen molar-refractivity contribution in [2.24, 2.45) is 34.0 Å². The van der Waals surface area contributed by atoms with E-state index >= 15 is 0 Å². The summed E-state index contributed by atoms with van der Waals surface area (Å²) in [4.78, 5) is 12.7. The van der Waals surface area contributed by atoms with Crippen LogP contribution in [0.25, 0.3) is 0 Å². The number of benzene rings is 1. The number of aliphatic hydroxyl groups is 1. The van der Waals surface area contributed by atoms with Crippen LogP contribution in [0, 0.1) is 34.0 Å². The van der Waals surface area contributed by atoms with Crippen LogP contribution in [0.2, 0.25) is 0 Å². The van der Waals surface area contributed by atoms with Crippen molar-refractivity contribution < 1.29 is 14.6 Å². The van der Waals surface area contributed by atoms with E-state index in [4.69, 9.17) is 4.74 Å². The second-order valence-electron chi connectivity index (χ2n) is 12.7. The van der Waals surface area contributed by atoms with E-state index in [1.54, 1.807) is 0 Å². The van der Waals surface area contributed by atoms with E-state index in [9.17, 15) is 9.90 Å². The molecule has 1 aromatic rings. The molecule has 3 saturated carbocycles. The molecule has 1 aromatic carbocycles. The second-order valence-corrected chi connectivity index (χ2v) is 12.7. The summed E-state index contributed by atoms with van der Waals surface area (Å²) in [6.45, 7) is 11.6. The van der Waals surface area contributed by atoms with Gasteiger partial charge in [-0.05, 0) is 91.6 Å². The van der Waals surface area contributed by atoms with Crippen LogP contribution in [0.4, 0.5) is 0 Å². The van der Waals surface area contributed by atoms with Gasteiger partial charge in [0.1, 0.15) is 5.78 Å². The van der Waals surface area contributed by atoms with Crippen LogP contribution in [0.3, 0.4) is 0 Å². The molecule has 7 atom stereocenters. The number of hydrogen-bond donors (Lipinski definition) is 1. The Balaban J connectivity index is 1.32. The van der Waals surface area contributed by atoms with Crippen molar-refractivity contribution in [1.29, 1.82) is 0 Å². The molecule has 4 aliphatic carbocycles. The Hall–Kier alpha value is -1.45. The highest BCUT2D eigenvalue weighted by molar-refractivity contribution is 5.83. The predicted octanol–water partition coefficient (Wildman–Crippen LogP) is 7.01. The van der Waals surface area contributed by atoms with Gasteiger partial charge in [-0.25, -0.2) is 0 Å². The smallest absolute Gasteiger partial charge is 0.169 e. The number of fused-ring (bicyclic) bond motifs is 5. The van der Waals surface area contributed by atoms with E-state index in [0.29, 0.717) is 43.0 Å². The fourth-order valence-corrected chi connectivity index (χ4v) is 8.68. The molecular formula is C31H44O3. The summed E-state index contributed by atoms with van der Waals surface area (Å²) in [5, 5.41) is 11.4. The molecule has 34 heavy (non-hydrogen) atoms. The standard InChI is InChI=1S/C31H44O3/c1-6-22-7-9-23(10-8-22)20-34-31(33)18-17-28(3)24(19-31)11-12-25-26(28)13-16-30(5)27(25)14-15-29(30,4)21(2)32/h7-11,25-27,33H,6,12-20H2,1-5H3/t25-,26+,27+,28+,29-,30+,31?/m1/s1. The molecule has 0 heterocycles. The van der Waals surface area contributed by atoms with Crippen molar-refractivity contribution in [1.82, 2.24) is 0 Å². The SMILES string of the molecule is CCc1ccc(COC2(O)CC[C@@]3(C)C(=CC[C@@H]4[C@@H]3CC[C@@]3(C)[C@H]4CC[C@]3(C)C(C)=O)C2)cc1. The monoisotopic (exact) mass is 464 g/mol. The van der Waals surface area contributed by atoms with Gasteiger partial charge in [0.05, 0.1) is 6.61 Å². The number of ether oxygens (including phenoxy) is 1. The number of allylic oxidation sites excluding steroid dienone is 1. The number of hydrogen-bond acceptors (Lipinski definition) is 3. The van der Waals surface area contributed by atoms with Gasteiger partial charge in [-0.3, -0.25) is 4.79 Å². The highest BCUT2D eigenvalue weighted by Gasteiger charge is 2.64. The summed E-state index contributed by atoms with van der Waals surface area (Å²) in [5.41, 5.74) is 3.99. The third kappa shape index (κ3) is 3.56. The van der Waals surface area contributed by atoms with Crippen LogP contribution in [0.1, 0.15) is 97.1 Å². The van der Waals surface area contributed by atoms with E-state index in [2.05, 4.69) is 58.0 Å². The Morgan fingerprint density at radius 2 is 1.68 bits per heavy atom. The molecule has 0 spiro atoms. The van der Waals surface area contributed by atoms with Gasteiger partial charge in [0, 0.05) is 18.3 Å². The fraction of sp³-hybridized carbons (Fsp3) is 0.710. The average molecular weight is 465 g/mol. The molecule has 0 aromatic heterocycles. The van der Waals surface area contributed by atoms with Crippen molar-refractivity contribution in [2.75, 3.05) is 0 Å². The van der Waals surface area contributed by atoms with Crippen molar-refractivity contribution in [3.63, 3.8) is 0 Å². The van der Waals surface area contributed by atoms with Crippen molar-refractivity contribution in [3.8, 4) is 0 Å². The summed E-state index contributed by atoms with van der Waals surface area (Å²) < 4.78 is 6.18. The van der Waals surface area contributed by atoms with E-state index in [-0.39, 0.29) is 16.2 Å². The van der Waals surface area contributed by atoms with Crippen molar-refractivity contribution >= 4 is 5.78 Å². The van der Waals surface area contributed by atoms with Gasteiger partial charge in [-0.15, -0.1) is 0 Å². The maximum Gasteiger partial charge on any atom is 0.169 e. The van der Waals surface area contributed by atoms with Crippen LogP contribution in [-0.2, 0) is 22.6 Å². The van der Waals surface area contributed by atoms with Gasteiger partial charge < -0.3 is 9.84 Å². The quantitative estimate of drug-likeness (QED) is 0.376. The average Bonchev–Trinajstić information content (AvgIpc) is 3.11. The first-order valence-corrected chi connectivity index (χ1v) is 13.7. The highest BCUT2D eigenvalue weighted by atomic mass is 16.6. The van der Waals surface area contributed by atoms with Gasteiger partial charge in [0.15, 0.2) is 5.79 Å². The highest BCUT2D eigenvalue weighted by Crippen LogP contribution is 2.70. The van der Waals surface area contributed by atoms with E-state index in [0.717, 1.165) is 37.7 Å². The zero-order valence-electron chi connectivity index (χ0n) is 22.0. The zero-order chi connectivity index (χ0) is 24.4. The van der Waals surface area contributed by atoms with Crippen molar-refractivity contribution in [2.45, 2.75) is 105 Å². The number of ketones is 1. The Bertz CT molecular complexity index is 979. The first kappa shape index (κ1) is 24.3. The molecule has 3 nitrogen and oxygen atoms in total. The van der Waals surface area contributed by atoms with Crippen LogP contribution in [0.5, 0.6) is 0 Å². The van der Waals surface area contributed by atoms with Gasteiger partial charge in [0.2, 0.25) is 0 Å². The van der Waals surface area contributed by atoms with E-state index in [1.165, 1.54) is 24.0 Å². The lowest BCUT2D eigenvalue weighted by Crippen LogP contribution is -2.54. The van der Waals surface area contributed by atoms with Crippen LogP contribution >= 0.6 is 0 Å². The summed E-state index contributed by atoms with van der Waals surface area (Å²) >= 11 is 0. The number of Topliss-reactive ketones (excluding diaryl/α,β-unsaturated/α-hetero) is 1. The van der Waals surface area contributed by atoms with Crippen LogP contribution < -0.4 is 0 Å². The minimum Gasteiger partial charge on any atom is -0.365 e. The predicted molar refractivity (Wildman–Crippen MR) is 136 cm³/mol. The number of carbonyl (C=O) groups excluding carboxylic acids is 1. The van der Waals surface area contributed by atoms with Crippen LogP contribution in [-0.4, -0.2) is 16.7 Å². The fourth-order valence-electron chi connectivity index (χ4n) is 8.68. The molecule has 4 aliphatic rings. The molecule has 3 fully saturated rings. The van der Waals surface area contributed by atoms with Crippen LogP contribution in [0.15, 0.2) is 35.9 Å². The molecule has 5 rings (SSSR count). The topological polar surface area (TPSA) is 46.5 Å². The summed E-state index contributed by atoms with van der Waals surface area (Å²) in [6.07, 6.45) is 11.5. The lowest BCUT2D eigenvalue weighted by molar-refractivity contribution is -0.231. The van der Waals surface area contributed by atoms with Gasteiger partial charge in [-0.2, -0.15) is 0 Å². The molecule has 186 valence electrons. The molecule has 0 bridgehead atoms. The third-order valence-electron chi connectivity index (χ3n) is 11.4. The summed E-state index contributed by atoms with van der Waals surface area (Å²) in [7, 11) is 0. The Labute approximate surface area is 206 Å². The number of carbonyl (C=O) groups is 1. The van der Waals surface area contributed by atoms with Crippen molar-refractivity contribution in [3.05, 3.63) is 47.0 Å². The molecule has 0 radical (unpaired) electrons. The molecule has 0 saturated heterocycles.